The lowest BCUT2D eigenvalue weighted by Crippen LogP contribution is -2.43. The van der Waals surface area contributed by atoms with E-state index in [0.717, 1.165) is 27.3 Å². The molecule has 0 bridgehead atoms. The Bertz CT molecular complexity index is 1250. The molecule has 0 fully saturated rings. The minimum absolute atomic E-state index is 0.0480. The molecule has 6 nitrogen and oxygen atoms in total. The summed E-state index contributed by atoms with van der Waals surface area (Å²) in [4.78, 5) is 29.2. The van der Waals surface area contributed by atoms with E-state index in [0.29, 0.717) is 29.4 Å². The summed E-state index contributed by atoms with van der Waals surface area (Å²) in [7, 11) is 3.19. The summed E-state index contributed by atoms with van der Waals surface area (Å²) in [6.07, 6.45) is 2.51. The molecule has 7 heteroatoms. The molecule has 0 atom stereocenters. The van der Waals surface area contributed by atoms with Gasteiger partial charge in [0.25, 0.3) is 5.91 Å². The van der Waals surface area contributed by atoms with Crippen LogP contribution in [0.15, 0.2) is 76.5 Å². The molecule has 0 spiro atoms. The number of rotatable bonds is 8. The summed E-state index contributed by atoms with van der Waals surface area (Å²) >= 11 is 1.43. The molecule has 0 saturated heterocycles. The molecule has 0 saturated carbocycles. The highest BCUT2D eigenvalue weighted by Crippen LogP contribution is 2.41. The third kappa shape index (κ3) is 5.87. The number of carbonyl (C=O) groups excluding carboxylic acids is 2. The van der Waals surface area contributed by atoms with Crippen LogP contribution in [-0.2, 0) is 16.0 Å². The SMILES string of the molecule is COc1ccc(CCNC(=O)CN2C(=O)C(=Cc3ccc(C)cc3)Sc3ccccc32)cc1OC. The Morgan fingerprint density at radius 1 is 1.00 bits per heavy atom. The number of nitrogens with one attached hydrogen (secondary N) is 1. The number of methoxy groups -OCH3 is 2. The highest BCUT2D eigenvalue weighted by molar-refractivity contribution is 8.04. The summed E-state index contributed by atoms with van der Waals surface area (Å²) < 4.78 is 10.6. The van der Waals surface area contributed by atoms with Crippen LogP contribution in [0.25, 0.3) is 6.08 Å². The van der Waals surface area contributed by atoms with Gasteiger partial charge in [-0.2, -0.15) is 0 Å². The van der Waals surface area contributed by atoms with Gasteiger partial charge in [-0.3, -0.25) is 14.5 Å². The second-order valence-corrected chi connectivity index (χ2v) is 9.25. The van der Waals surface area contributed by atoms with Crippen LogP contribution >= 0.6 is 11.8 Å². The largest absolute Gasteiger partial charge is 0.493 e. The predicted molar refractivity (Wildman–Crippen MR) is 140 cm³/mol. The zero-order chi connectivity index (χ0) is 24.8. The van der Waals surface area contributed by atoms with Crippen LogP contribution in [0.4, 0.5) is 5.69 Å². The molecule has 180 valence electrons. The normalized spacial score (nSPS) is 14.0. The van der Waals surface area contributed by atoms with Crippen LogP contribution in [0.3, 0.4) is 0 Å². The zero-order valence-corrected chi connectivity index (χ0v) is 20.9. The van der Waals surface area contributed by atoms with Gasteiger partial charge in [0.2, 0.25) is 5.91 Å². The topological polar surface area (TPSA) is 67.9 Å². The number of hydrogen-bond donors (Lipinski definition) is 1. The fourth-order valence-corrected chi connectivity index (χ4v) is 4.87. The van der Waals surface area contributed by atoms with E-state index in [2.05, 4.69) is 5.32 Å². The summed E-state index contributed by atoms with van der Waals surface area (Å²) in [6, 6.07) is 21.4. The molecular formula is C28H28N2O4S. The number of thioether (sulfide) groups is 1. The van der Waals surface area contributed by atoms with Crippen molar-refractivity contribution < 1.29 is 19.1 Å². The second-order valence-electron chi connectivity index (χ2n) is 8.17. The lowest BCUT2D eigenvalue weighted by molar-refractivity contribution is -0.122. The number of para-hydroxylation sites is 1. The number of amides is 2. The second kappa shape index (κ2) is 11.1. The smallest absolute Gasteiger partial charge is 0.265 e. The quantitative estimate of drug-likeness (QED) is 0.459. The molecule has 3 aromatic rings. The molecule has 0 aromatic heterocycles. The molecule has 1 aliphatic heterocycles. The first-order valence-electron chi connectivity index (χ1n) is 11.3. The Kier molecular flexibility index (Phi) is 7.77. The Morgan fingerprint density at radius 2 is 1.74 bits per heavy atom. The summed E-state index contributed by atoms with van der Waals surface area (Å²) in [5, 5.41) is 2.94. The number of benzene rings is 3. The summed E-state index contributed by atoms with van der Waals surface area (Å²) in [6.45, 7) is 2.42. The van der Waals surface area contributed by atoms with E-state index in [1.165, 1.54) is 11.8 Å². The first-order chi connectivity index (χ1) is 17.0. The van der Waals surface area contributed by atoms with Crippen LogP contribution in [0.2, 0.25) is 0 Å². The van der Waals surface area contributed by atoms with Crippen molar-refractivity contribution in [2.24, 2.45) is 0 Å². The van der Waals surface area contributed by atoms with Crippen molar-refractivity contribution >= 4 is 35.3 Å². The van der Waals surface area contributed by atoms with Gasteiger partial charge in [0.05, 0.1) is 24.8 Å². The van der Waals surface area contributed by atoms with Crippen molar-refractivity contribution in [3.8, 4) is 11.5 Å². The third-order valence-corrected chi connectivity index (χ3v) is 6.77. The van der Waals surface area contributed by atoms with Crippen molar-refractivity contribution in [1.82, 2.24) is 5.32 Å². The van der Waals surface area contributed by atoms with Crippen molar-refractivity contribution in [3.05, 3.63) is 88.3 Å². The van der Waals surface area contributed by atoms with E-state index in [1.807, 2.05) is 79.7 Å². The van der Waals surface area contributed by atoms with Gasteiger partial charge in [0.1, 0.15) is 6.54 Å². The molecule has 0 radical (unpaired) electrons. The van der Waals surface area contributed by atoms with Crippen LogP contribution in [0, 0.1) is 6.92 Å². The molecule has 35 heavy (non-hydrogen) atoms. The summed E-state index contributed by atoms with van der Waals surface area (Å²) in [5.41, 5.74) is 3.87. The number of anilines is 1. The van der Waals surface area contributed by atoms with Gasteiger partial charge in [0.15, 0.2) is 11.5 Å². The minimum Gasteiger partial charge on any atom is -0.493 e. The molecule has 3 aromatic carbocycles. The Hall–Kier alpha value is -3.71. The minimum atomic E-state index is -0.213. The number of ether oxygens (including phenoxy) is 2. The maximum atomic E-state index is 13.4. The van der Waals surface area contributed by atoms with Crippen LogP contribution < -0.4 is 19.7 Å². The monoisotopic (exact) mass is 488 g/mol. The molecule has 1 aliphatic rings. The van der Waals surface area contributed by atoms with Gasteiger partial charge in [-0.05, 0) is 54.8 Å². The Morgan fingerprint density at radius 3 is 2.49 bits per heavy atom. The van der Waals surface area contributed by atoms with E-state index < -0.39 is 0 Å². The number of aryl methyl sites for hydroxylation is 1. The Labute approximate surface area is 209 Å². The van der Waals surface area contributed by atoms with Gasteiger partial charge in [0, 0.05) is 11.4 Å². The fraction of sp³-hybridized carbons (Fsp3) is 0.214. The maximum Gasteiger partial charge on any atom is 0.265 e. The first kappa shape index (κ1) is 24.4. The molecule has 0 aliphatic carbocycles. The summed E-state index contributed by atoms with van der Waals surface area (Å²) in [5.74, 6) is 0.923. The third-order valence-electron chi connectivity index (χ3n) is 5.69. The Balaban J connectivity index is 1.44. The van der Waals surface area contributed by atoms with Crippen molar-refractivity contribution in [2.45, 2.75) is 18.2 Å². The standard InChI is InChI=1S/C28H28N2O4S/c1-19-8-10-20(11-9-19)17-26-28(32)30(22-6-4-5-7-25(22)35-26)18-27(31)29-15-14-21-12-13-23(33-2)24(16-21)34-3/h4-13,16-17H,14-15,18H2,1-3H3,(H,29,31). The lowest BCUT2D eigenvalue weighted by atomic mass is 10.1. The van der Waals surface area contributed by atoms with Crippen LogP contribution in [-0.4, -0.2) is 39.1 Å². The highest BCUT2D eigenvalue weighted by atomic mass is 32.2. The van der Waals surface area contributed by atoms with E-state index in [1.54, 1.807) is 19.1 Å². The number of nitrogens with zero attached hydrogens (tertiary/aromatic N) is 1. The van der Waals surface area contributed by atoms with Crippen molar-refractivity contribution in [2.75, 3.05) is 32.2 Å². The molecule has 1 N–H and O–H groups in total. The van der Waals surface area contributed by atoms with Gasteiger partial charge in [-0.25, -0.2) is 0 Å². The molecule has 1 heterocycles. The molecule has 2 amide bonds. The average Bonchev–Trinajstić information content (AvgIpc) is 2.87. The van der Waals surface area contributed by atoms with Gasteiger partial charge in [-0.1, -0.05) is 59.8 Å². The first-order valence-corrected chi connectivity index (χ1v) is 12.1. The highest BCUT2D eigenvalue weighted by Gasteiger charge is 2.30. The fourth-order valence-electron chi connectivity index (χ4n) is 3.82. The zero-order valence-electron chi connectivity index (χ0n) is 20.0. The van der Waals surface area contributed by atoms with Crippen LogP contribution in [0.1, 0.15) is 16.7 Å². The van der Waals surface area contributed by atoms with Crippen molar-refractivity contribution in [3.63, 3.8) is 0 Å². The van der Waals surface area contributed by atoms with E-state index in [-0.39, 0.29) is 18.4 Å². The average molecular weight is 489 g/mol. The van der Waals surface area contributed by atoms with Gasteiger partial charge >= 0.3 is 0 Å². The van der Waals surface area contributed by atoms with E-state index in [4.69, 9.17) is 9.47 Å². The molecule has 4 rings (SSSR count). The maximum absolute atomic E-state index is 13.4. The number of hydrogen-bond acceptors (Lipinski definition) is 5. The lowest BCUT2D eigenvalue weighted by Gasteiger charge is -2.29. The van der Waals surface area contributed by atoms with E-state index in [9.17, 15) is 9.59 Å². The van der Waals surface area contributed by atoms with Crippen LogP contribution in [0.5, 0.6) is 11.5 Å². The van der Waals surface area contributed by atoms with Gasteiger partial charge in [-0.15, -0.1) is 0 Å². The molecule has 0 unspecified atom stereocenters. The van der Waals surface area contributed by atoms with E-state index >= 15 is 0 Å². The number of carbonyl (C=O) groups is 2. The van der Waals surface area contributed by atoms with Crippen molar-refractivity contribution in [1.29, 1.82) is 0 Å². The molecular weight excluding hydrogens is 460 g/mol. The number of fused-ring (bicyclic) bond motifs is 1. The van der Waals surface area contributed by atoms with Gasteiger partial charge < -0.3 is 14.8 Å². The predicted octanol–water partition coefficient (Wildman–Crippen LogP) is 4.85.